The molecule has 35 heavy (non-hydrogen) atoms. The molecule has 2 heterocycles. The number of hydrogen-bond acceptors (Lipinski definition) is 9. The van der Waals surface area contributed by atoms with Gasteiger partial charge in [0.15, 0.2) is 26.7 Å². The minimum Gasteiger partial charge on any atom is -0.462 e. The highest BCUT2D eigenvalue weighted by Crippen LogP contribution is 2.47. The molecule has 0 spiro atoms. The summed E-state index contributed by atoms with van der Waals surface area (Å²) in [6, 6.07) is 15.7. The van der Waals surface area contributed by atoms with Crippen molar-refractivity contribution in [1.29, 1.82) is 0 Å². The molecule has 1 amide bonds. The van der Waals surface area contributed by atoms with Crippen LogP contribution in [0.15, 0.2) is 60.7 Å². The average molecular weight is 504 g/mol. The second-order valence-corrected chi connectivity index (χ2v) is 11.1. The number of nitrogens with zero attached hydrogens (tertiary/aromatic N) is 1. The maximum atomic E-state index is 13.6. The van der Waals surface area contributed by atoms with Crippen LogP contribution in [0.2, 0.25) is 0 Å². The van der Waals surface area contributed by atoms with Gasteiger partial charge < -0.3 is 24.6 Å². The summed E-state index contributed by atoms with van der Waals surface area (Å²) < 4.78 is 34.9. The first-order valence-corrected chi connectivity index (χ1v) is 12.5. The van der Waals surface area contributed by atoms with E-state index in [4.69, 9.17) is 14.6 Å². The van der Waals surface area contributed by atoms with Gasteiger partial charge in [-0.2, -0.15) is 0 Å². The SMILES string of the molecule is C[C@]1(C(=O)OCC(O)CO)[C@H](C(=O)OC(c2ccccc2)c2ccccc2)N2C(=O)CC2S1(=O)=O. The molecule has 11 heteroatoms. The minimum atomic E-state index is -4.39. The normalized spacial score (nSPS) is 25.5. The number of carbonyl (C=O) groups excluding carboxylic acids is 3. The molecule has 2 unspecified atom stereocenters. The lowest BCUT2D eigenvalue weighted by Crippen LogP contribution is -2.59. The first kappa shape index (κ1) is 24.8. The quantitative estimate of drug-likeness (QED) is 0.384. The molecule has 0 radical (unpaired) electrons. The number of esters is 2. The number of amides is 1. The van der Waals surface area contributed by atoms with E-state index in [9.17, 15) is 27.9 Å². The number of ether oxygens (including phenoxy) is 2. The second kappa shape index (κ2) is 9.40. The molecule has 2 saturated heterocycles. The Labute approximate surface area is 202 Å². The van der Waals surface area contributed by atoms with Gasteiger partial charge >= 0.3 is 11.9 Å². The van der Waals surface area contributed by atoms with Crippen molar-refractivity contribution in [1.82, 2.24) is 4.90 Å². The Morgan fingerprint density at radius 1 is 1.09 bits per heavy atom. The molecule has 0 saturated carbocycles. The van der Waals surface area contributed by atoms with Gasteiger partial charge in [0.1, 0.15) is 18.1 Å². The molecule has 4 atom stereocenters. The Kier molecular flexibility index (Phi) is 6.67. The van der Waals surface area contributed by atoms with E-state index in [1.807, 2.05) is 0 Å². The Hall–Kier alpha value is -3.28. The molecule has 4 rings (SSSR count). The number of β-lactam (4-membered cyclic amide) rings is 1. The van der Waals surface area contributed by atoms with E-state index >= 15 is 0 Å². The number of fused-ring (bicyclic) bond motifs is 1. The van der Waals surface area contributed by atoms with Gasteiger partial charge in [0.2, 0.25) is 5.91 Å². The third-order valence-electron chi connectivity index (χ3n) is 6.38. The molecule has 10 nitrogen and oxygen atoms in total. The fraction of sp³-hybridized carbons (Fsp3) is 0.375. The van der Waals surface area contributed by atoms with Crippen molar-refractivity contribution in [2.24, 2.45) is 0 Å². The third kappa shape index (κ3) is 4.09. The smallest absolute Gasteiger partial charge is 0.332 e. The standard InChI is InChI=1S/C24H25NO9S/c1-24(23(30)33-14-17(27)13-26)21(25-18(28)12-19(25)35(24,31)32)22(29)34-20(15-8-4-2-5-9-15)16-10-6-3-7-11-16/h2-11,17,19-21,26-27H,12-14H2,1H3/t17?,19?,21-,24+/m0/s1. The van der Waals surface area contributed by atoms with E-state index in [1.165, 1.54) is 0 Å². The summed E-state index contributed by atoms with van der Waals surface area (Å²) in [5, 5.41) is 17.2. The summed E-state index contributed by atoms with van der Waals surface area (Å²) in [5.74, 6) is -3.00. The number of carbonyl (C=O) groups is 3. The molecule has 2 aromatic carbocycles. The topological polar surface area (TPSA) is 148 Å². The number of aliphatic hydroxyl groups is 2. The van der Waals surface area contributed by atoms with Crippen LogP contribution in [0.1, 0.15) is 30.6 Å². The minimum absolute atomic E-state index is 0.366. The van der Waals surface area contributed by atoms with Crippen LogP contribution in [0.5, 0.6) is 0 Å². The van der Waals surface area contributed by atoms with Gasteiger partial charge in [0.05, 0.1) is 13.0 Å². The van der Waals surface area contributed by atoms with Crippen molar-refractivity contribution in [3.63, 3.8) is 0 Å². The van der Waals surface area contributed by atoms with Crippen LogP contribution in [0.3, 0.4) is 0 Å². The monoisotopic (exact) mass is 503 g/mol. The predicted molar refractivity (Wildman–Crippen MR) is 121 cm³/mol. The Morgan fingerprint density at radius 2 is 1.63 bits per heavy atom. The largest absolute Gasteiger partial charge is 0.462 e. The maximum Gasteiger partial charge on any atom is 0.332 e. The van der Waals surface area contributed by atoms with Gasteiger partial charge in [-0.15, -0.1) is 0 Å². The Balaban J connectivity index is 1.71. The van der Waals surface area contributed by atoms with E-state index in [1.54, 1.807) is 60.7 Å². The van der Waals surface area contributed by atoms with Crippen molar-refractivity contribution in [3.8, 4) is 0 Å². The van der Waals surface area contributed by atoms with Crippen LogP contribution in [0, 0.1) is 0 Å². The lowest BCUT2D eigenvalue weighted by atomic mass is 9.95. The van der Waals surface area contributed by atoms with E-state index < -0.39 is 69.3 Å². The zero-order chi connectivity index (χ0) is 25.4. The van der Waals surface area contributed by atoms with E-state index in [0.717, 1.165) is 11.8 Å². The van der Waals surface area contributed by atoms with Gasteiger partial charge in [0, 0.05) is 0 Å². The first-order chi connectivity index (χ1) is 16.6. The van der Waals surface area contributed by atoms with Crippen molar-refractivity contribution in [2.45, 2.75) is 41.7 Å². The number of benzene rings is 2. The molecule has 2 aliphatic rings. The average Bonchev–Trinajstić information content (AvgIpc) is 3.01. The van der Waals surface area contributed by atoms with Gasteiger partial charge in [-0.25, -0.2) is 13.2 Å². The molecule has 2 fully saturated rings. The van der Waals surface area contributed by atoms with Gasteiger partial charge in [-0.3, -0.25) is 9.59 Å². The lowest BCUT2D eigenvalue weighted by molar-refractivity contribution is -0.169. The Morgan fingerprint density at radius 3 is 2.11 bits per heavy atom. The number of rotatable bonds is 8. The van der Waals surface area contributed by atoms with Crippen LogP contribution < -0.4 is 0 Å². The molecule has 0 aromatic heterocycles. The highest BCUT2D eigenvalue weighted by molar-refractivity contribution is 7.94. The third-order valence-corrected chi connectivity index (χ3v) is 9.06. The summed E-state index contributed by atoms with van der Waals surface area (Å²) >= 11 is 0. The molecule has 2 aromatic rings. The highest BCUT2D eigenvalue weighted by Gasteiger charge is 2.74. The van der Waals surface area contributed by atoms with Crippen LogP contribution in [0.4, 0.5) is 0 Å². The molecule has 0 bridgehead atoms. The summed E-state index contributed by atoms with van der Waals surface area (Å²) in [4.78, 5) is 39.8. The van der Waals surface area contributed by atoms with Crippen molar-refractivity contribution in [3.05, 3.63) is 71.8 Å². The summed E-state index contributed by atoms with van der Waals surface area (Å²) in [5.41, 5.74) is 1.21. The van der Waals surface area contributed by atoms with Crippen molar-refractivity contribution < 1.29 is 42.5 Å². The molecule has 0 aliphatic carbocycles. The molecule has 186 valence electrons. The van der Waals surface area contributed by atoms with Crippen LogP contribution in [-0.4, -0.2) is 76.9 Å². The number of aliphatic hydroxyl groups excluding tert-OH is 2. The molecular weight excluding hydrogens is 478 g/mol. The van der Waals surface area contributed by atoms with Gasteiger partial charge in [-0.1, -0.05) is 60.7 Å². The maximum absolute atomic E-state index is 13.6. The van der Waals surface area contributed by atoms with Crippen molar-refractivity contribution in [2.75, 3.05) is 13.2 Å². The Bertz CT molecular complexity index is 1180. The predicted octanol–water partition coefficient (Wildman–Crippen LogP) is 0.330. The molecule has 2 aliphatic heterocycles. The highest BCUT2D eigenvalue weighted by atomic mass is 32.2. The molecular formula is C24H25NO9S. The van der Waals surface area contributed by atoms with Crippen LogP contribution >= 0.6 is 0 Å². The van der Waals surface area contributed by atoms with Gasteiger partial charge in [0.25, 0.3) is 0 Å². The number of hydrogen-bond donors (Lipinski definition) is 2. The van der Waals surface area contributed by atoms with Gasteiger partial charge in [-0.05, 0) is 18.1 Å². The fourth-order valence-corrected chi connectivity index (χ4v) is 6.65. The zero-order valence-electron chi connectivity index (χ0n) is 18.8. The van der Waals surface area contributed by atoms with E-state index in [2.05, 4.69) is 0 Å². The fourth-order valence-electron chi connectivity index (χ4n) is 4.37. The second-order valence-electron chi connectivity index (χ2n) is 8.59. The molecule has 2 N–H and O–H groups in total. The van der Waals surface area contributed by atoms with Crippen LogP contribution in [0.25, 0.3) is 0 Å². The summed E-state index contributed by atoms with van der Waals surface area (Å²) in [7, 11) is -4.39. The first-order valence-electron chi connectivity index (χ1n) is 10.9. The lowest BCUT2D eigenvalue weighted by Gasteiger charge is -2.36. The van der Waals surface area contributed by atoms with E-state index in [0.29, 0.717) is 11.1 Å². The summed E-state index contributed by atoms with van der Waals surface area (Å²) in [6.45, 7) is -0.379. The zero-order valence-corrected chi connectivity index (χ0v) is 19.6. The van der Waals surface area contributed by atoms with Crippen LogP contribution in [-0.2, 0) is 33.7 Å². The van der Waals surface area contributed by atoms with Crippen molar-refractivity contribution >= 4 is 27.7 Å². The number of sulfone groups is 1. The summed E-state index contributed by atoms with van der Waals surface area (Å²) in [6.07, 6.45) is -2.73. The van der Waals surface area contributed by atoms with E-state index in [-0.39, 0.29) is 6.42 Å².